The Labute approximate surface area is 86.2 Å². The maximum absolute atomic E-state index is 2.12. The van der Waals surface area contributed by atoms with Gasteiger partial charge in [0.15, 0.2) is 0 Å². The lowest BCUT2D eigenvalue weighted by Crippen LogP contribution is -0.856. The van der Waals surface area contributed by atoms with Crippen molar-refractivity contribution >= 4 is 74.5 Å². The molecule has 0 heterocycles. The Kier molecular flexibility index (Phi) is 118. The van der Waals surface area contributed by atoms with Gasteiger partial charge in [-0.2, -0.15) is 0 Å². The second kappa shape index (κ2) is 44.5. The molecule has 0 saturated carbocycles. The minimum atomic E-state index is 2.00. The molecule has 42 valence electrons. The molecule has 0 rings (SSSR count). The summed E-state index contributed by atoms with van der Waals surface area (Å²) in [5, 5.41) is 0. The van der Waals surface area contributed by atoms with Gasteiger partial charge in [-0.05, 0) is 0 Å². The van der Waals surface area contributed by atoms with Crippen LogP contribution in [-0.4, -0.2) is 0 Å². The smallest absolute Gasteiger partial charge is 0 e. The van der Waals surface area contributed by atoms with Crippen LogP contribution in [0.3, 0.4) is 0 Å². The third kappa shape index (κ3) is 28.4. The lowest BCUT2D eigenvalue weighted by atomic mass is 11.0. The van der Waals surface area contributed by atoms with E-state index in [0.29, 0.717) is 0 Å². The van der Waals surface area contributed by atoms with Crippen LogP contribution in [0.2, 0.25) is 0 Å². The average Bonchev–Trinajstić information content (AvgIpc) is 1.81. The van der Waals surface area contributed by atoms with Crippen LogP contribution in [0.25, 0.3) is 0 Å². The summed E-state index contributed by atoms with van der Waals surface area (Å²) in [7, 11) is 0. The van der Waals surface area contributed by atoms with E-state index in [1.165, 1.54) is 0 Å². The fraction of sp³-hybridized carbons (Fsp3) is 1.00. The number of hydrogen-bond donors (Lipinski definition) is 0. The molecule has 0 amide bonds. The van der Waals surface area contributed by atoms with E-state index in [2.05, 4.69) is 74.5 Å². The van der Waals surface area contributed by atoms with Crippen molar-refractivity contribution in [3.05, 3.63) is 0 Å². The molecule has 0 aliphatic carbocycles. The van der Waals surface area contributed by atoms with Crippen LogP contribution in [0.5, 0.6) is 0 Å². The molecular formula is C2H6I4. The molecule has 0 saturated heterocycles. The normalized spacial score (nSPS) is 3.00. The van der Waals surface area contributed by atoms with Crippen LogP contribution < -0.4 is 0 Å². The Morgan fingerprint density at radius 2 is 0.667 bits per heavy atom. The molecule has 0 nitrogen and oxygen atoms in total. The Hall–Kier alpha value is 2.92. The van der Waals surface area contributed by atoms with Crippen molar-refractivity contribution in [2.24, 2.45) is 0 Å². The SMILES string of the molecule is CC.II.II. The highest BCUT2D eigenvalue weighted by Crippen LogP contribution is 1.89. The highest BCUT2D eigenvalue weighted by molar-refractivity contribution is 15.0. The van der Waals surface area contributed by atoms with E-state index >= 15 is 0 Å². The Balaban J connectivity index is -0.0000000225. The minimum absolute atomic E-state index is 2.00. The van der Waals surface area contributed by atoms with Crippen molar-refractivity contribution in [3.8, 4) is 0 Å². The fourth-order valence-electron chi connectivity index (χ4n) is 0. The lowest BCUT2D eigenvalue weighted by Gasteiger charge is -1.07. The Bertz CT molecular complexity index is 5.51. The van der Waals surface area contributed by atoms with Gasteiger partial charge < -0.3 is 0 Å². The summed E-state index contributed by atoms with van der Waals surface area (Å²) >= 11 is 8.48. The monoisotopic (exact) mass is 538 g/mol. The van der Waals surface area contributed by atoms with E-state index in [4.69, 9.17) is 0 Å². The molecule has 4 heteroatoms. The molecule has 0 bridgehead atoms. The molecule has 0 aliphatic rings. The largest absolute Gasteiger partial charge is 0.0683 e. The average molecular weight is 538 g/mol. The standard InChI is InChI=1S/C2H6.2I2/c3*1-2/h1-2H3;;. The molecule has 0 fully saturated rings. The third-order valence-electron chi connectivity index (χ3n) is 0. The van der Waals surface area contributed by atoms with Crippen molar-refractivity contribution in [1.82, 2.24) is 0 Å². The molecule has 0 radical (unpaired) electrons. The highest BCUT2D eigenvalue weighted by Gasteiger charge is 1.00. The first kappa shape index (κ1) is 16.0. The van der Waals surface area contributed by atoms with E-state index < -0.39 is 0 Å². The quantitative estimate of drug-likeness (QED) is 0.398. The summed E-state index contributed by atoms with van der Waals surface area (Å²) in [5.74, 6) is 0. The van der Waals surface area contributed by atoms with Crippen molar-refractivity contribution in [2.45, 2.75) is 13.8 Å². The van der Waals surface area contributed by atoms with Gasteiger partial charge in [0.05, 0.1) is 0 Å². The summed E-state index contributed by atoms with van der Waals surface area (Å²) in [4.78, 5) is 0. The molecule has 0 aliphatic heterocycles. The summed E-state index contributed by atoms with van der Waals surface area (Å²) in [6.07, 6.45) is 0. The first-order chi connectivity index (χ1) is 3.00. The number of rotatable bonds is 0. The van der Waals surface area contributed by atoms with E-state index in [1.54, 1.807) is 0 Å². The zero-order valence-electron chi connectivity index (χ0n) is 3.51. The molecule has 0 atom stereocenters. The van der Waals surface area contributed by atoms with Crippen molar-refractivity contribution in [3.63, 3.8) is 0 Å². The van der Waals surface area contributed by atoms with Gasteiger partial charge in [0.1, 0.15) is 0 Å². The van der Waals surface area contributed by atoms with E-state index in [9.17, 15) is 0 Å². The van der Waals surface area contributed by atoms with Crippen LogP contribution in [-0.2, 0) is 0 Å². The molecule has 0 spiro atoms. The van der Waals surface area contributed by atoms with Crippen LogP contribution in [0, 0.1) is 0 Å². The number of halogens is 4. The topological polar surface area (TPSA) is 0 Å². The van der Waals surface area contributed by atoms with Gasteiger partial charge in [-0.15, -0.1) is 0 Å². The molecule has 0 unspecified atom stereocenters. The van der Waals surface area contributed by atoms with Crippen LogP contribution in [0.1, 0.15) is 13.8 Å². The van der Waals surface area contributed by atoms with Crippen LogP contribution in [0.4, 0.5) is 0 Å². The summed E-state index contributed by atoms with van der Waals surface area (Å²) < 4.78 is 0. The van der Waals surface area contributed by atoms with Gasteiger partial charge in [-0.1, -0.05) is 13.8 Å². The summed E-state index contributed by atoms with van der Waals surface area (Å²) in [5.41, 5.74) is 0. The number of hydrogen-bond acceptors (Lipinski definition) is 0. The van der Waals surface area contributed by atoms with Crippen molar-refractivity contribution in [1.29, 1.82) is 0 Å². The van der Waals surface area contributed by atoms with Crippen molar-refractivity contribution in [2.75, 3.05) is 0 Å². The molecular weight excluding hydrogens is 532 g/mol. The summed E-state index contributed by atoms with van der Waals surface area (Å²) in [6.45, 7) is 4.00. The van der Waals surface area contributed by atoms with Gasteiger partial charge >= 0.3 is 0 Å². The Morgan fingerprint density at radius 3 is 0.667 bits per heavy atom. The lowest BCUT2D eigenvalue weighted by molar-refractivity contribution is 1.50. The molecule has 6 heavy (non-hydrogen) atoms. The van der Waals surface area contributed by atoms with Gasteiger partial charge in [-0.3, -0.25) is 0 Å². The minimum Gasteiger partial charge on any atom is -0.0683 e. The van der Waals surface area contributed by atoms with E-state index in [0.717, 1.165) is 0 Å². The van der Waals surface area contributed by atoms with Gasteiger partial charge in [0.25, 0.3) is 0 Å². The Morgan fingerprint density at radius 1 is 0.667 bits per heavy atom. The van der Waals surface area contributed by atoms with Crippen LogP contribution >= 0.6 is 74.5 Å². The second-order valence-corrected chi connectivity index (χ2v) is 0. The predicted octanol–water partition coefficient (Wildman–Crippen LogP) is 4.57. The fourth-order valence-corrected chi connectivity index (χ4v) is 0. The molecule has 0 N–H and O–H groups in total. The highest BCUT2D eigenvalue weighted by atomic mass is 128. The molecule has 0 aromatic carbocycles. The second-order valence-electron chi connectivity index (χ2n) is 0. The maximum atomic E-state index is 2.12. The van der Waals surface area contributed by atoms with Gasteiger partial charge in [0.2, 0.25) is 0 Å². The zero-order chi connectivity index (χ0) is 6.00. The third-order valence-corrected chi connectivity index (χ3v) is 0. The first-order valence-electron chi connectivity index (χ1n) is 1.29. The van der Waals surface area contributed by atoms with Gasteiger partial charge in [-0.25, -0.2) is 0 Å². The van der Waals surface area contributed by atoms with E-state index in [1.807, 2.05) is 13.8 Å². The zero-order valence-corrected chi connectivity index (χ0v) is 12.1. The van der Waals surface area contributed by atoms with Crippen molar-refractivity contribution < 1.29 is 0 Å². The first-order valence-corrected chi connectivity index (χ1v) is 13.9. The molecule has 0 aromatic heterocycles. The molecule has 0 aromatic rings. The van der Waals surface area contributed by atoms with Crippen LogP contribution in [0.15, 0.2) is 0 Å². The maximum Gasteiger partial charge on any atom is 0 e. The predicted molar refractivity (Wildman–Crippen MR) is 67.4 cm³/mol. The summed E-state index contributed by atoms with van der Waals surface area (Å²) in [6, 6.07) is 0. The van der Waals surface area contributed by atoms with E-state index in [-0.39, 0.29) is 0 Å². The van der Waals surface area contributed by atoms with Gasteiger partial charge in [0, 0.05) is 74.5 Å².